The average Bonchev–Trinajstić information content (AvgIpc) is 3.16. The van der Waals surface area contributed by atoms with E-state index < -0.39 is 18.5 Å². The van der Waals surface area contributed by atoms with Crippen molar-refractivity contribution in [2.24, 2.45) is 0 Å². The molecule has 1 aromatic carbocycles. The van der Waals surface area contributed by atoms with Crippen LogP contribution in [-0.4, -0.2) is 54.3 Å². The van der Waals surface area contributed by atoms with E-state index in [4.69, 9.17) is 4.74 Å². The van der Waals surface area contributed by atoms with Gasteiger partial charge in [-0.15, -0.1) is 0 Å². The molecule has 0 radical (unpaired) electrons. The maximum Gasteiger partial charge on any atom is 0.326 e. The summed E-state index contributed by atoms with van der Waals surface area (Å²) in [5.41, 5.74) is 0.746. The molecule has 0 bridgehead atoms. The second kappa shape index (κ2) is 10.8. The zero-order valence-electron chi connectivity index (χ0n) is 17.2. The highest BCUT2D eigenvalue weighted by molar-refractivity contribution is 6.04. The van der Waals surface area contributed by atoms with Gasteiger partial charge in [0.05, 0.1) is 11.3 Å². The predicted molar refractivity (Wildman–Crippen MR) is 111 cm³/mol. The van der Waals surface area contributed by atoms with Crippen LogP contribution in [0.4, 0.5) is 5.69 Å². The van der Waals surface area contributed by atoms with Gasteiger partial charge in [-0.2, -0.15) is 0 Å². The standard InChI is InChI=1S/C22H29N3O5/c26-19(15-30-21(28)14-25-13-7-1-2-12-20(25)27)24-18-11-6-5-10-17(18)22(29)23-16-8-3-4-9-16/h5-6,10-11,16H,1-4,7-9,12-15H2,(H,23,29)(H,24,26). The fourth-order valence-electron chi connectivity index (χ4n) is 3.86. The normalized spacial score (nSPS) is 17.3. The summed E-state index contributed by atoms with van der Waals surface area (Å²) in [5.74, 6) is -1.44. The van der Waals surface area contributed by atoms with Gasteiger partial charge in [-0.3, -0.25) is 19.2 Å². The summed E-state index contributed by atoms with van der Waals surface area (Å²) in [6, 6.07) is 6.91. The Balaban J connectivity index is 1.49. The van der Waals surface area contributed by atoms with Crippen molar-refractivity contribution in [2.45, 2.75) is 57.4 Å². The maximum atomic E-state index is 12.6. The average molecular weight is 415 g/mol. The fourth-order valence-corrected chi connectivity index (χ4v) is 3.86. The van der Waals surface area contributed by atoms with Gasteiger partial charge in [0.15, 0.2) is 6.61 Å². The quantitative estimate of drug-likeness (QED) is 0.665. The third-order valence-corrected chi connectivity index (χ3v) is 5.49. The van der Waals surface area contributed by atoms with E-state index in [1.54, 1.807) is 24.3 Å². The Bertz CT molecular complexity index is 789. The molecule has 30 heavy (non-hydrogen) atoms. The van der Waals surface area contributed by atoms with E-state index in [1.807, 2.05) is 0 Å². The Kier molecular flexibility index (Phi) is 7.82. The van der Waals surface area contributed by atoms with E-state index in [1.165, 1.54) is 4.90 Å². The van der Waals surface area contributed by atoms with Crippen molar-refractivity contribution in [2.75, 3.05) is 25.0 Å². The number of anilines is 1. The lowest BCUT2D eigenvalue weighted by Crippen LogP contribution is -2.37. The lowest BCUT2D eigenvalue weighted by Gasteiger charge is -2.19. The molecule has 1 aromatic rings. The number of benzene rings is 1. The predicted octanol–water partition coefficient (Wildman–Crippen LogP) is 2.24. The van der Waals surface area contributed by atoms with Crippen molar-refractivity contribution in [1.29, 1.82) is 0 Å². The minimum Gasteiger partial charge on any atom is -0.454 e. The second-order valence-corrected chi connectivity index (χ2v) is 7.84. The van der Waals surface area contributed by atoms with Gasteiger partial charge >= 0.3 is 5.97 Å². The van der Waals surface area contributed by atoms with Gasteiger partial charge in [0.2, 0.25) is 5.91 Å². The molecule has 1 saturated heterocycles. The van der Waals surface area contributed by atoms with Gasteiger partial charge in [-0.05, 0) is 37.8 Å². The van der Waals surface area contributed by atoms with Gasteiger partial charge in [-0.1, -0.05) is 31.4 Å². The van der Waals surface area contributed by atoms with Crippen molar-refractivity contribution in [3.63, 3.8) is 0 Å². The summed E-state index contributed by atoms with van der Waals surface area (Å²) in [6.07, 6.45) is 7.25. The van der Waals surface area contributed by atoms with E-state index in [0.717, 1.165) is 44.9 Å². The molecule has 3 rings (SSSR count). The second-order valence-electron chi connectivity index (χ2n) is 7.84. The number of carbonyl (C=O) groups excluding carboxylic acids is 4. The summed E-state index contributed by atoms with van der Waals surface area (Å²) in [6.45, 7) is -0.0878. The Morgan fingerprint density at radius 3 is 2.60 bits per heavy atom. The number of para-hydroxylation sites is 1. The minimum atomic E-state index is -0.618. The molecule has 1 aliphatic carbocycles. The first-order chi connectivity index (χ1) is 14.5. The summed E-state index contributed by atoms with van der Waals surface area (Å²) < 4.78 is 5.03. The molecule has 2 fully saturated rings. The molecular formula is C22H29N3O5. The summed E-state index contributed by atoms with van der Waals surface area (Å²) >= 11 is 0. The molecule has 1 saturated carbocycles. The number of nitrogens with zero attached hydrogens (tertiary/aromatic N) is 1. The van der Waals surface area contributed by atoms with Gasteiger partial charge in [0, 0.05) is 19.0 Å². The molecule has 1 heterocycles. The Morgan fingerprint density at radius 1 is 1.03 bits per heavy atom. The number of rotatable bonds is 7. The molecule has 8 heteroatoms. The highest BCUT2D eigenvalue weighted by atomic mass is 16.5. The number of esters is 1. The smallest absolute Gasteiger partial charge is 0.326 e. The molecule has 2 aliphatic rings. The number of nitrogens with one attached hydrogen (secondary N) is 2. The van der Waals surface area contributed by atoms with Crippen LogP contribution >= 0.6 is 0 Å². The van der Waals surface area contributed by atoms with Crippen LogP contribution in [0.15, 0.2) is 24.3 Å². The number of hydrogen-bond acceptors (Lipinski definition) is 5. The summed E-state index contributed by atoms with van der Waals surface area (Å²) in [4.78, 5) is 50.3. The number of likely N-dealkylation sites (tertiary alicyclic amines) is 1. The van der Waals surface area contributed by atoms with Crippen LogP contribution in [-0.2, 0) is 19.1 Å². The topological polar surface area (TPSA) is 105 Å². The maximum absolute atomic E-state index is 12.6. The summed E-state index contributed by atoms with van der Waals surface area (Å²) in [5, 5.41) is 5.64. The van der Waals surface area contributed by atoms with Crippen LogP contribution in [0.1, 0.15) is 61.7 Å². The number of carbonyl (C=O) groups is 4. The first kappa shape index (κ1) is 21.8. The molecule has 0 spiro atoms. The molecule has 0 unspecified atom stereocenters. The van der Waals surface area contributed by atoms with Gasteiger partial charge < -0.3 is 20.3 Å². The molecule has 2 N–H and O–H groups in total. The molecule has 162 valence electrons. The Morgan fingerprint density at radius 2 is 1.80 bits per heavy atom. The van der Waals surface area contributed by atoms with Crippen molar-refractivity contribution < 1.29 is 23.9 Å². The van der Waals surface area contributed by atoms with E-state index in [0.29, 0.717) is 24.2 Å². The highest BCUT2D eigenvalue weighted by Crippen LogP contribution is 2.20. The molecule has 0 atom stereocenters. The fraction of sp³-hybridized carbons (Fsp3) is 0.545. The van der Waals surface area contributed by atoms with E-state index in [2.05, 4.69) is 10.6 Å². The van der Waals surface area contributed by atoms with Gasteiger partial charge in [0.1, 0.15) is 6.54 Å². The summed E-state index contributed by atoms with van der Waals surface area (Å²) in [7, 11) is 0. The van der Waals surface area contributed by atoms with E-state index >= 15 is 0 Å². The third-order valence-electron chi connectivity index (χ3n) is 5.49. The van der Waals surface area contributed by atoms with Gasteiger partial charge in [-0.25, -0.2) is 0 Å². The largest absolute Gasteiger partial charge is 0.454 e. The van der Waals surface area contributed by atoms with Crippen molar-refractivity contribution in [3.8, 4) is 0 Å². The van der Waals surface area contributed by atoms with E-state index in [9.17, 15) is 19.2 Å². The monoisotopic (exact) mass is 415 g/mol. The van der Waals surface area contributed by atoms with Gasteiger partial charge in [0.25, 0.3) is 11.8 Å². The van der Waals surface area contributed by atoms with Crippen molar-refractivity contribution >= 4 is 29.4 Å². The minimum absolute atomic E-state index is 0.0592. The third kappa shape index (κ3) is 6.30. The van der Waals surface area contributed by atoms with Crippen LogP contribution in [0.3, 0.4) is 0 Å². The lowest BCUT2D eigenvalue weighted by molar-refractivity contribution is -0.151. The zero-order chi connectivity index (χ0) is 21.3. The van der Waals surface area contributed by atoms with Crippen LogP contribution in [0.25, 0.3) is 0 Å². The van der Waals surface area contributed by atoms with Crippen molar-refractivity contribution in [3.05, 3.63) is 29.8 Å². The molecule has 0 aromatic heterocycles. The van der Waals surface area contributed by atoms with Crippen LogP contribution in [0, 0.1) is 0 Å². The highest BCUT2D eigenvalue weighted by Gasteiger charge is 2.22. The first-order valence-corrected chi connectivity index (χ1v) is 10.7. The SMILES string of the molecule is O=C(COC(=O)CN1CCCCCC1=O)Nc1ccccc1C(=O)NC1CCCC1. The van der Waals surface area contributed by atoms with Crippen molar-refractivity contribution in [1.82, 2.24) is 10.2 Å². The van der Waals surface area contributed by atoms with Crippen LogP contribution < -0.4 is 10.6 Å². The number of amides is 3. The van der Waals surface area contributed by atoms with Crippen LogP contribution in [0.5, 0.6) is 0 Å². The molecule has 1 aliphatic heterocycles. The Hall–Kier alpha value is -2.90. The molecule has 8 nitrogen and oxygen atoms in total. The Labute approximate surface area is 176 Å². The molecule has 3 amide bonds. The molecular weight excluding hydrogens is 386 g/mol. The lowest BCUT2D eigenvalue weighted by atomic mass is 10.1. The zero-order valence-corrected chi connectivity index (χ0v) is 17.2. The van der Waals surface area contributed by atoms with Crippen LogP contribution in [0.2, 0.25) is 0 Å². The number of hydrogen-bond donors (Lipinski definition) is 2. The van der Waals surface area contributed by atoms with E-state index in [-0.39, 0.29) is 24.4 Å². The first-order valence-electron chi connectivity index (χ1n) is 10.7. The number of ether oxygens (including phenoxy) is 1.